The van der Waals surface area contributed by atoms with Gasteiger partial charge in [0.2, 0.25) is 0 Å². The molecule has 0 heterocycles. The molecule has 0 aromatic carbocycles. The Bertz CT molecular complexity index is 306. The lowest BCUT2D eigenvalue weighted by molar-refractivity contribution is -0.149. The van der Waals surface area contributed by atoms with E-state index >= 15 is 0 Å². The first-order valence-electron chi connectivity index (χ1n) is 6.96. The second-order valence-corrected chi connectivity index (χ2v) is 12.8. The number of carbonyl (C=O) groups is 1. The van der Waals surface area contributed by atoms with Crippen LogP contribution in [0.2, 0.25) is 19.6 Å². The van der Waals surface area contributed by atoms with Crippen molar-refractivity contribution in [3.63, 3.8) is 0 Å². The topological polar surface area (TPSA) is 26.3 Å². The minimum absolute atomic E-state index is 0.0960. The Balaban J connectivity index is 1.91. The highest BCUT2D eigenvalue weighted by Gasteiger charge is 2.51. The first-order valence-corrected chi connectivity index (χ1v) is 10.7. The summed E-state index contributed by atoms with van der Waals surface area (Å²) in [6, 6.07) is 0. The molecule has 2 aliphatic carbocycles. The van der Waals surface area contributed by atoms with Crippen LogP contribution in [0.4, 0.5) is 0 Å². The molecule has 2 bridgehead atoms. The average molecular weight is 254 g/mol. The van der Waals surface area contributed by atoms with Crippen molar-refractivity contribution in [2.75, 3.05) is 6.23 Å². The van der Waals surface area contributed by atoms with Crippen LogP contribution in [0.3, 0.4) is 0 Å². The van der Waals surface area contributed by atoms with E-state index in [2.05, 4.69) is 33.5 Å². The SMILES string of the molecule is CC1C2CC(C(=O)OC[Si](C)(C)C)C(C2)C1C. The van der Waals surface area contributed by atoms with Gasteiger partial charge in [-0.2, -0.15) is 0 Å². The molecule has 0 saturated heterocycles. The van der Waals surface area contributed by atoms with Crippen LogP contribution in [0.1, 0.15) is 26.7 Å². The van der Waals surface area contributed by atoms with Gasteiger partial charge < -0.3 is 4.74 Å². The Morgan fingerprint density at radius 2 is 1.82 bits per heavy atom. The van der Waals surface area contributed by atoms with E-state index < -0.39 is 8.07 Å². The van der Waals surface area contributed by atoms with E-state index in [0.717, 1.165) is 18.3 Å². The van der Waals surface area contributed by atoms with Crippen LogP contribution in [0.15, 0.2) is 0 Å². The molecule has 17 heavy (non-hydrogen) atoms. The van der Waals surface area contributed by atoms with E-state index in [4.69, 9.17) is 4.74 Å². The fourth-order valence-electron chi connectivity index (χ4n) is 3.61. The summed E-state index contributed by atoms with van der Waals surface area (Å²) in [5.41, 5.74) is 0. The van der Waals surface area contributed by atoms with E-state index in [1.807, 2.05) is 0 Å². The summed E-state index contributed by atoms with van der Waals surface area (Å²) in [6.07, 6.45) is 3.03. The van der Waals surface area contributed by atoms with Gasteiger partial charge in [-0.15, -0.1) is 0 Å². The molecule has 2 fully saturated rings. The van der Waals surface area contributed by atoms with E-state index in [1.165, 1.54) is 6.42 Å². The molecule has 2 saturated carbocycles. The van der Waals surface area contributed by atoms with Crippen LogP contribution in [0.25, 0.3) is 0 Å². The number of fused-ring (bicyclic) bond motifs is 2. The van der Waals surface area contributed by atoms with Gasteiger partial charge in [0, 0.05) is 0 Å². The second-order valence-electron chi connectivity index (χ2n) is 7.39. The molecule has 0 amide bonds. The van der Waals surface area contributed by atoms with Crippen LogP contribution < -0.4 is 0 Å². The predicted octanol–water partition coefficient (Wildman–Crippen LogP) is 3.34. The highest BCUT2D eigenvalue weighted by molar-refractivity contribution is 6.76. The maximum absolute atomic E-state index is 12.1. The molecule has 2 nitrogen and oxygen atoms in total. The number of rotatable bonds is 3. The highest BCUT2D eigenvalue weighted by atomic mass is 28.3. The Labute approximate surface area is 106 Å². The van der Waals surface area contributed by atoms with Crippen molar-refractivity contribution in [1.29, 1.82) is 0 Å². The number of ether oxygens (including phenoxy) is 1. The summed E-state index contributed by atoms with van der Waals surface area (Å²) in [4.78, 5) is 12.1. The lowest BCUT2D eigenvalue weighted by Gasteiger charge is -2.30. The van der Waals surface area contributed by atoms with E-state index in [-0.39, 0.29) is 11.9 Å². The van der Waals surface area contributed by atoms with Gasteiger partial charge >= 0.3 is 5.97 Å². The van der Waals surface area contributed by atoms with Crippen molar-refractivity contribution < 1.29 is 9.53 Å². The predicted molar refractivity (Wildman–Crippen MR) is 72.3 cm³/mol. The van der Waals surface area contributed by atoms with Crippen LogP contribution in [-0.2, 0) is 9.53 Å². The Morgan fingerprint density at radius 1 is 1.18 bits per heavy atom. The third-order valence-electron chi connectivity index (χ3n) is 4.85. The Kier molecular flexibility index (Phi) is 3.41. The van der Waals surface area contributed by atoms with Gasteiger partial charge in [-0.25, -0.2) is 0 Å². The maximum Gasteiger partial charge on any atom is 0.308 e. The Morgan fingerprint density at radius 3 is 2.29 bits per heavy atom. The van der Waals surface area contributed by atoms with Crippen LogP contribution >= 0.6 is 0 Å². The quantitative estimate of drug-likeness (QED) is 0.570. The third kappa shape index (κ3) is 2.59. The summed E-state index contributed by atoms with van der Waals surface area (Å²) in [5.74, 6) is 3.20. The summed E-state index contributed by atoms with van der Waals surface area (Å²) >= 11 is 0. The van der Waals surface area contributed by atoms with Gasteiger partial charge in [0.1, 0.15) is 0 Å². The maximum atomic E-state index is 12.1. The van der Waals surface area contributed by atoms with Crippen molar-refractivity contribution in [3.8, 4) is 0 Å². The van der Waals surface area contributed by atoms with Gasteiger partial charge in [0.15, 0.2) is 0 Å². The molecule has 2 rings (SSSR count). The lowest BCUT2D eigenvalue weighted by atomic mass is 9.76. The number of carbonyl (C=O) groups excluding carboxylic acids is 1. The number of hydrogen-bond donors (Lipinski definition) is 0. The van der Waals surface area contributed by atoms with Crippen LogP contribution in [0.5, 0.6) is 0 Å². The summed E-state index contributed by atoms with van der Waals surface area (Å²) in [5, 5.41) is 0. The normalized spacial score (nSPS) is 40.6. The first-order chi connectivity index (χ1) is 7.79. The van der Waals surface area contributed by atoms with Gasteiger partial charge in [0.05, 0.1) is 20.2 Å². The molecular formula is C14H26O2Si. The van der Waals surface area contributed by atoms with Crippen molar-refractivity contribution >= 4 is 14.0 Å². The Hall–Kier alpha value is -0.313. The number of esters is 1. The smallest absolute Gasteiger partial charge is 0.308 e. The van der Waals surface area contributed by atoms with Gasteiger partial charge in [-0.1, -0.05) is 33.5 Å². The third-order valence-corrected chi connectivity index (χ3v) is 5.86. The minimum Gasteiger partial charge on any atom is -0.469 e. The molecule has 0 aromatic heterocycles. The number of hydrogen-bond acceptors (Lipinski definition) is 2. The second kappa shape index (κ2) is 4.41. The molecule has 0 N–H and O–H groups in total. The monoisotopic (exact) mass is 254 g/mol. The van der Waals surface area contributed by atoms with Gasteiger partial charge in [-0.3, -0.25) is 4.79 Å². The standard InChI is InChI=1S/C14H26O2Si/c1-9-10(2)12-6-11(9)7-13(12)14(15)16-8-17(3,4)5/h9-13H,6-8H2,1-5H3. The molecule has 2 aliphatic rings. The molecule has 0 spiro atoms. The zero-order valence-corrected chi connectivity index (χ0v) is 12.8. The summed E-state index contributed by atoms with van der Waals surface area (Å²) < 4.78 is 5.55. The molecule has 0 radical (unpaired) electrons. The fraction of sp³-hybridized carbons (Fsp3) is 0.929. The molecule has 98 valence electrons. The summed E-state index contributed by atoms with van der Waals surface area (Å²) in [7, 11) is -1.27. The van der Waals surface area contributed by atoms with Crippen molar-refractivity contribution in [1.82, 2.24) is 0 Å². The molecule has 5 unspecified atom stereocenters. The minimum atomic E-state index is -1.27. The zero-order chi connectivity index (χ0) is 12.8. The summed E-state index contributed by atoms with van der Waals surface area (Å²) in [6.45, 7) is 11.4. The lowest BCUT2D eigenvalue weighted by Crippen LogP contribution is -2.35. The van der Waals surface area contributed by atoms with Crippen molar-refractivity contribution in [2.45, 2.75) is 46.3 Å². The molecule has 0 aliphatic heterocycles. The fourth-order valence-corrected chi connectivity index (χ4v) is 4.18. The molecule has 3 heteroatoms. The van der Waals surface area contributed by atoms with Gasteiger partial charge in [0.25, 0.3) is 0 Å². The van der Waals surface area contributed by atoms with E-state index in [0.29, 0.717) is 18.1 Å². The highest BCUT2D eigenvalue weighted by Crippen LogP contribution is 2.55. The van der Waals surface area contributed by atoms with Gasteiger partial charge in [-0.05, 0) is 36.5 Å². The first kappa shape index (κ1) is 13.1. The van der Waals surface area contributed by atoms with E-state index in [9.17, 15) is 4.79 Å². The largest absolute Gasteiger partial charge is 0.469 e. The molecular weight excluding hydrogens is 228 g/mol. The van der Waals surface area contributed by atoms with Crippen molar-refractivity contribution in [3.05, 3.63) is 0 Å². The van der Waals surface area contributed by atoms with Crippen molar-refractivity contribution in [2.24, 2.45) is 29.6 Å². The van der Waals surface area contributed by atoms with Crippen LogP contribution in [0, 0.1) is 29.6 Å². The van der Waals surface area contributed by atoms with E-state index in [1.54, 1.807) is 0 Å². The average Bonchev–Trinajstić information content (AvgIpc) is 2.76. The zero-order valence-electron chi connectivity index (χ0n) is 11.8. The van der Waals surface area contributed by atoms with Crippen LogP contribution in [-0.4, -0.2) is 20.3 Å². The molecule has 0 aromatic rings. The molecule has 5 atom stereocenters.